The van der Waals surface area contributed by atoms with Crippen LogP contribution >= 0.6 is 0 Å². The zero-order chi connectivity index (χ0) is 17.4. The van der Waals surface area contributed by atoms with E-state index in [1.165, 1.54) is 5.56 Å². The van der Waals surface area contributed by atoms with Crippen molar-refractivity contribution in [1.82, 2.24) is 9.55 Å². The number of rotatable bonds is 4. The number of hydrogen-bond donors (Lipinski definition) is 1. The van der Waals surface area contributed by atoms with E-state index >= 15 is 0 Å². The number of aromatic nitrogens is 2. The second kappa shape index (κ2) is 6.06. The minimum atomic E-state index is -0.418. The molecule has 0 saturated heterocycles. The molecule has 2 heterocycles. The molecule has 4 aromatic rings. The van der Waals surface area contributed by atoms with Crippen LogP contribution in [-0.4, -0.2) is 15.5 Å². The second-order valence-electron chi connectivity index (χ2n) is 6.13. The van der Waals surface area contributed by atoms with Crippen molar-refractivity contribution in [2.24, 2.45) is 5.73 Å². The van der Waals surface area contributed by atoms with Crippen LogP contribution in [0.15, 0.2) is 54.9 Å². The van der Waals surface area contributed by atoms with E-state index in [0.717, 1.165) is 33.8 Å². The Morgan fingerprint density at radius 3 is 2.80 bits per heavy atom. The third kappa shape index (κ3) is 2.56. The lowest BCUT2D eigenvalue weighted by Gasteiger charge is -2.08. The second-order valence-corrected chi connectivity index (χ2v) is 6.13. The fourth-order valence-corrected chi connectivity index (χ4v) is 3.35. The molecule has 123 valence electrons. The SMILES string of the molecule is CCc1c[c]c2c3c(C(N)=O)cccc3n(Cc3cccnc3)c2c1. The van der Waals surface area contributed by atoms with Crippen LogP contribution < -0.4 is 5.73 Å². The summed E-state index contributed by atoms with van der Waals surface area (Å²) in [6.45, 7) is 2.80. The molecule has 0 aliphatic rings. The molecule has 4 heteroatoms. The van der Waals surface area contributed by atoms with Gasteiger partial charge in [-0.25, -0.2) is 0 Å². The Balaban J connectivity index is 2.07. The van der Waals surface area contributed by atoms with Gasteiger partial charge in [-0.15, -0.1) is 0 Å². The lowest BCUT2D eigenvalue weighted by molar-refractivity contribution is 0.100. The predicted octanol–water partition coefficient (Wildman–Crippen LogP) is 3.70. The van der Waals surface area contributed by atoms with E-state index in [1.54, 1.807) is 12.3 Å². The number of benzene rings is 2. The number of carbonyl (C=O) groups is 1. The van der Waals surface area contributed by atoms with E-state index in [9.17, 15) is 4.79 Å². The minimum Gasteiger partial charge on any atom is -0.366 e. The Kier molecular flexibility index (Phi) is 3.73. The standard InChI is InChI=1S/C21H18N3O/c1-2-14-8-9-16-19(11-14)24(13-15-5-4-10-23-12-15)18-7-3-6-17(20(16)18)21(22)25/h3-8,10-12H,2,13H2,1H3,(H2,22,25). The van der Waals surface area contributed by atoms with Gasteiger partial charge in [0.25, 0.3) is 0 Å². The number of aryl methyl sites for hydroxylation is 1. The number of primary amides is 1. The summed E-state index contributed by atoms with van der Waals surface area (Å²) < 4.78 is 2.21. The smallest absolute Gasteiger partial charge is 0.249 e. The van der Waals surface area contributed by atoms with Crippen molar-refractivity contribution < 1.29 is 4.79 Å². The van der Waals surface area contributed by atoms with Crippen LogP contribution in [0.5, 0.6) is 0 Å². The van der Waals surface area contributed by atoms with Crippen molar-refractivity contribution in [3.05, 3.63) is 77.6 Å². The third-order valence-electron chi connectivity index (χ3n) is 4.59. The summed E-state index contributed by atoms with van der Waals surface area (Å²) in [7, 11) is 0. The molecule has 0 atom stereocenters. The van der Waals surface area contributed by atoms with Crippen molar-refractivity contribution >= 4 is 27.7 Å². The monoisotopic (exact) mass is 328 g/mol. The number of pyridine rings is 1. The van der Waals surface area contributed by atoms with E-state index in [1.807, 2.05) is 30.5 Å². The van der Waals surface area contributed by atoms with Crippen LogP contribution in [0.4, 0.5) is 0 Å². The van der Waals surface area contributed by atoms with E-state index < -0.39 is 5.91 Å². The van der Waals surface area contributed by atoms with E-state index in [4.69, 9.17) is 5.73 Å². The number of fused-ring (bicyclic) bond motifs is 3. The molecule has 1 amide bonds. The molecule has 25 heavy (non-hydrogen) atoms. The van der Waals surface area contributed by atoms with E-state index in [2.05, 4.69) is 34.7 Å². The van der Waals surface area contributed by atoms with Crippen LogP contribution in [0, 0.1) is 6.07 Å². The van der Waals surface area contributed by atoms with Gasteiger partial charge in [-0.1, -0.05) is 25.1 Å². The Morgan fingerprint density at radius 2 is 2.08 bits per heavy atom. The van der Waals surface area contributed by atoms with Gasteiger partial charge in [-0.2, -0.15) is 0 Å². The molecule has 1 radical (unpaired) electrons. The first-order valence-electron chi connectivity index (χ1n) is 8.33. The molecular weight excluding hydrogens is 310 g/mol. The number of nitrogens with zero attached hydrogens (tertiary/aromatic N) is 2. The number of amides is 1. The van der Waals surface area contributed by atoms with Gasteiger partial charge in [0.1, 0.15) is 0 Å². The topological polar surface area (TPSA) is 60.9 Å². The van der Waals surface area contributed by atoms with Gasteiger partial charge in [-0.05, 0) is 47.9 Å². The first kappa shape index (κ1) is 15.4. The maximum Gasteiger partial charge on any atom is 0.249 e. The number of hydrogen-bond acceptors (Lipinski definition) is 2. The van der Waals surface area contributed by atoms with Gasteiger partial charge in [0.15, 0.2) is 0 Å². The van der Waals surface area contributed by atoms with Gasteiger partial charge in [0, 0.05) is 35.3 Å². The zero-order valence-electron chi connectivity index (χ0n) is 14.0. The minimum absolute atomic E-state index is 0.418. The lowest BCUT2D eigenvalue weighted by atomic mass is 10.0. The predicted molar refractivity (Wildman–Crippen MR) is 99.5 cm³/mol. The summed E-state index contributed by atoms with van der Waals surface area (Å²) in [6, 6.07) is 17.2. The molecule has 0 aliphatic carbocycles. The third-order valence-corrected chi connectivity index (χ3v) is 4.59. The van der Waals surface area contributed by atoms with E-state index in [0.29, 0.717) is 12.1 Å². The van der Waals surface area contributed by atoms with Crippen LogP contribution in [0.1, 0.15) is 28.4 Å². The largest absolute Gasteiger partial charge is 0.366 e. The molecule has 2 N–H and O–H groups in total. The molecule has 0 unspecified atom stereocenters. The maximum absolute atomic E-state index is 11.9. The van der Waals surface area contributed by atoms with Gasteiger partial charge in [-0.3, -0.25) is 9.78 Å². The van der Waals surface area contributed by atoms with Crippen molar-refractivity contribution in [2.45, 2.75) is 19.9 Å². The average molecular weight is 328 g/mol. The first-order chi connectivity index (χ1) is 12.2. The highest BCUT2D eigenvalue weighted by Crippen LogP contribution is 2.32. The summed E-state index contributed by atoms with van der Waals surface area (Å²) in [4.78, 5) is 16.1. The molecule has 0 fully saturated rings. The van der Waals surface area contributed by atoms with Crippen molar-refractivity contribution in [3.8, 4) is 0 Å². The highest BCUT2D eigenvalue weighted by molar-refractivity contribution is 6.17. The first-order valence-corrected chi connectivity index (χ1v) is 8.33. The fraction of sp³-hybridized carbons (Fsp3) is 0.143. The number of nitrogens with two attached hydrogens (primary N) is 1. The van der Waals surface area contributed by atoms with Crippen LogP contribution in [0.2, 0.25) is 0 Å². The Morgan fingerprint density at radius 1 is 1.20 bits per heavy atom. The normalized spacial score (nSPS) is 11.2. The van der Waals surface area contributed by atoms with Crippen molar-refractivity contribution in [3.63, 3.8) is 0 Å². The van der Waals surface area contributed by atoms with Gasteiger partial charge in [0.05, 0.1) is 11.0 Å². The molecule has 0 bridgehead atoms. The maximum atomic E-state index is 11.9. The molecule has 2 aromatic heterocycles. The molecule has 0 spiro atoms. The van der Waals surface area contributed by atoms with Crippen molar-refractivity contribution in [1.29, 1.82) is 0 Å². The van der Waals surface area contributed by atoms with Gasteiger partial charge < -0.3 is 10.3 Å². The summed E-state index contributed by atoms with van der Waals surface area (Å²) >= 11 is 0. The highest BCUT2D eigenvalue weighted by Gasteiger charge is 2.17. The Bertz CT molecular complexity index is 1080. The molecule has 2 aromatic carbocycles. The molecule has 4 nitrogen and oxygen atoms in total. The Labute approximate surface area is 145 Å². The summed E-state index contributed by atoms with van der Waals surface area (Å²) in [5.74, 6) is -0.418. The van der Waals surface area contributed by atoms with Crippen LogP contribution in [-0.2, 0) is 13.0 Å². The van der Waals surface area contributed by atoms with Crippen LogP contribution in [0.3, 0.4) is 0 Å². The summed E-state index contributed by atoms with van der Waals surface area (Å²) in [5, 5.41) is 1.81. The molecule has 0 saturated carbocycles. The highest BCUT2D eigenvalue weighted by atomic mass is 16.1. The molecule has 0 aliphatic heterocycles. The van der Waals surface area contributed by atoms with Crippen molar-refractivity contribution in [2.75, 3.05) is 0 Å². The lowest BCUT2D eigenvalue weighted by Crippen LogP contribution is -2.11. The average Bonchev–Trinajstić information content (AvgIpc) is 2.95. The number of carbonyl (C=O) groups excluding carboxylic acids is 1. The summed E-state index contributed by atoms with van der Waals surface area (Å²) in [6.07, 6.45) is 4.57. The van der Waals surface area contributed by atoms with Gasteiger partial charge >= 0.3 is 0 Å². The quantitative estimate of drug-likeness (QED) is 0.621. The van der Waals surface area contributed by atoms with E-state index in [-0.39, 0.29) is 0 Å². The van der Waals surface area contributed by atoms with Gasteiger partial charge in [0.2, 0.25) is 5.91 Å². The summed E-state index contributed by atoms with van der Waals surface area (Å²) in [5.41, 5.74) is 10.5. The Hall–Kier alpha value is -3.14. The fourth-order valence-electron chi connectivity index (χ4n) is 3.35. The molecular formula is C21H18N3O. The van der Waals surface area contributed by atoms with Crippen LogP contribution in [0.25, 0.3) is 21.8 Å². The zero-order valence-corrected chi connectivity index (χ0v) is 14.0. The molecule has 4 rings (SSSR count).